The lowest BCUT2D eigenvalue weighted by Crippen LogP contribution is -2.50. The van der Waals surface area contributed by atoms with Crippen LogP contribution in [0, 0.1) is 6.92 Å². The monoisotopic (exact) mass is 514 g/mol. The van der Waals surface area contributed by atoms with Crippen molar-refractivity contribution in [3.63, 3.8) is 0 Å². The smallest absolute Gasteiger partial charge is 0.242 e. The van der Waals surface area contributed by atoms with Crippen molar-refractivity contribution in [1.29, 1.82) is 0 Å². The summed E-state index contributed by atoms with van der Waals surface area (Å²) in [5, 5.41) is 3.90. The van der Waals surface area contributed by atoms with Crippen LogP contribution in [-0.4, -0.2) is 35.6 Å². The molecule has 0 bridgehead atoms. The van der Waals surface area contributed by atoms with Crippen LogP contribution >= 0.6 is 35.0 Å². The summed E-state index contributed by atoms with van der Waals surface area (Å²) in [4.78, 5) is 28.1. The summed E-state index contributed by atoms with van der Waals surface area (Å²) in [6, 6.07) is 22.5. The summed E-state index contributed by atoms with van der Waals surface area (Å²) < 4.78 is 0. The predicted molar refractivity (Wildman–Crippen MR) is 142 cm³/mol. The number of carbonyl (C=O) groups is 2. The van der Waals surface area contributed by atoms with Gasteiger partial charge in [0.15, 0.2) is 0 Å². The highest BCUT2D eigenvalue weighted by Gasteiger charge is 2.29. The first-order chi connectivity index (χ1) is 16.4. The van der Waals surface area contributed by atoms with Crippen molar-refractivity contribution in [1.82, 2.24) is 10.2 Å². The van der Waals surface area contributed by atoms with Crippen molar-refractivity contribution in [3.05, 3.63) is 105 Å². The zero-order valence-electron chi connectivity index (χ0n) is 19.3. The molecule has 0 fully saturated rings. The van der Waals surface area contributed by atoms with Gasteiger partial charge in [-0.05, 0) is 35.7 Å². The summed E-state index contributed by atoms with van der Waals surface area (Å²) in [5.74, 6) is 0.521. The summed E-state index contributed by atoms with van der Waals surface area (Å²) in [6.45, 7) is 2.37. The molecule has 178 valence electrons. The van der Waals surface area contributed by atoms with Gasteiger partial charge in [-0.15, -0.1) is 11.8 Å². The zero-order valence-corrected chi connectivity index (χ0v) is 21.6. The Labute approximate surface area is 215 Å². The molecule has 0 aliphatic heterocycles. The molecule has 2 amide bonds. The van der Waals surface area contributed by atoms with E-state index in [9.17, 15) is 9.59 Å². The first-order valence-corrected chi connectivity index (χ1v) is 12.9. The molecule has 3 aromatic carbocycles. The number of likely N-dealkylation sites (N-methyl/N-ethyl adjacent to an activating group) is 1. The van der Waals surface area contributed by atoms with E-state index >= 15 is 0 Å². The van der Waals surface area contributed by atoms with Crippen molar-refractivity contribution in [2.24, 2.45) is 0 Å². The minimum Gasteiger partial charge on any atom is -0.357 e. The fraction of sp³-hybridized carbons (Fsp3) is 0.259. The Morgan fingerprint density at radius 2 is 1.71 bits per heavy atom. The predicted octanol–water partition coefficient (Wildman–Crippen LogP) is 5.92. The van der Waals surface area contributed by atoms with Crippen LogP contribution in [-0.2, 0) is 28.3 Å². The van der Waals surface area contributed by atoms with Crippen LogP contribution in [0.2, 0.25) is 10.0 Å². The molecule has 0 heterocycles. The number of hydrogen-bond acceptors (Lipinski definition) is 3. The Balaban J connectivity index is 1.81. The maximum atomic E-state index is 13.5. The van der Waals surface area contributed by atoms with Gasteiger partial charge in [0.25, 0.3) is 0 Å². The number of hydrogen-bond donors (Lipinski definition) is 1. The van der Waals surface area contributed by atoms with Crippen LogP contribution in [0.15, 0.2) is 72.8 Å². The molecule has 4 nitrogen and oxygen atoms in total. The molecule has 0 spiro atoms. The Kier molecular flexibility index (Phi) is 9.87. The van der Waals surface area contributed by atoms with Gasteiger partial charge in [-0.2, -0.15) is 0 Å². The van der Waals surface area contributed by atoms with E-state index in [-0.39, 0.29) is 17.6 Å². The van der Waals surface area contributed by atoms with Gasteiger partial charge in [-0.3, -0.25) is 9.59 Å². The van der Waals surface area contributed by atoms with E-state index in [4.69, 9.17) is 23.2 Å². The highest BCUT2D eigenvalue weighted by Crippen LogP contribution is 2.25. The van der Waals surface area contributed by atoms with Crippen molar-refractivity contribution < 1.29 is 9.59 Å². The Hall–Kier alpha value is -2.47. The molecule has 1 N–H and O–H groups in total. The number of benzene rings is 3. The highest BCUT2D eigenvalue weighted by atomic mass is 35.5. The van der Waals surface area contributed by atoms with Crippen LogP contribution in [0.4, 0.5) is 0 Å². The van der Waals surface area contributed by atoms with Gasteiger partial charge in [0, 0.05) is 35.8 Å². The van der Waals surface area contributed by atoms with Crippen molar-refractivity contribution in [3.8, 4) is 0 Å². The van der Waals surface area contributed by atoms with Gasteiger partial charge in [0.2, 0.25) is 11.8 Å². The number of halogens is 2. The van der Waals surface area contributed by atoms with E-state index in [1.54, 1.807) is 24.1 Å². The minimum atomic E-state index is -0.625. The molecule has 3 aromatic rings. The lowest BCUT2D eigenvalue weighted by atomic mass is 10.0. The molecule has 1 atom stereocenters. The second kappa shape index (κ2) is 12.8. The Bertz CT molecular complexity index is 1120. The number of thioether (sulfide) groups is 1. The maximum absolute atomic E-state index is 13.5. The van der Waals surface area contributed by atoms with Crippen LogP contribution in [0.25, 0.3) is 0 Å². The van der Waals surface area contributed by atoms with Crippen LogP contribution in [0.1, 0.15) is 22.3 Å². The molecule has 1 unspecified atom stereocenters. The van der Waals surface area contributed by atoms with E-state index < -0.39 is 6.04 Å². The molecule has 0 radical (unpaired) electrons. The standard InChI is InChI=1S/C27H28Cl2N2O2S/c1-19-7-6-10-21(13-19)16-31(25(27(33)30-2)14-20-8-4-3-5-9-20)26(32)18-34-17-22-11-12-23(28)15-24(22)29/h3-13,15,25H,14,16-18H2,1-2H3,(H,30,33). The lowest BCUT2D eigenvalue weighted by Gasteiger charge is -2.31. The maximum Gasteiger partial charge on any atom is 0.242 e. The summed E-state index contributed by atoms with van der Waals surface area (Å²) in [7, 11) is 1.60. The van der Waals surface area contributed by atoms with E-state index in [1.807, 2.05) is 67.6 Å². The number of carbonyl (C=O) groups excluding carboxylic acids is 2. The van der Waals surface area contributed by atoms with Gasteiger partial charge in [-0.25, -0.2) is 0 Å². The summed E-state index contributed by atoms with van der Waals surface area (Å²) >= 11 is 13.7. The minimum absolute atomic E-state index is 0.0962. The number of rotatable bonds is 10. The molecule has 0 saturated heterocycles. The Morgan fingerprint density at radius 1 is 0.971 bits per heavy atom. The number of aryl methyl sites for hydroxylation is 1. The third kappa shape index (κ3) is 7.52. The molecule has 34 heavy (non-hydrogen) atoms. The first-order valence-electron chi connectivity index (χ1n) is 11.0. The third-order valence-corrected chi connectivity index (χ3v) is 7.00. The molecule has 3 rings (SSSR count). The van der Waals surface area contributed by atoms with Crippen molar-refractivity contribution in [2.45, 2.75) is 31.7 Å². The summed E-state index contributed by atoms with van der Waals surface area (Å²) in [5.41, 5.74) is 4.01. The quantitative estimate of drug-likeness (QED) is 0.365. The molecule has 0 aliphatic rings. The molecular formula is C27H28Cl2N2O2S. The van der Waals surface area contributed by atoms with Gasteiger partial charge in [0.05, 0.1) is 5.75 Å². The van der Waals surface area contributed by atoms with E-state index in [2.05, 4.69) is 5.32 Å². The average molecular weight is 516 g/mol. The SMILES string of the molecule is CNC(=O)C(Cc1ccccc1)N(Cc1cccc(C)c1)C(=O)CSCc1ccc(Cl)cc1Cl. The van der Waals surface area contributed by atoms with Crippen molar-refractivity contribution >= 4 is 46.8 Å². The van der Waals surface area contributed by atoms with Crippen molar-refractivity contribution in [2.75, 3.05) is 12.8 Å². The molecule has 0 saturated carbocycles. The molecule has 0 aliphatic carbocycles. The average Bonchev–Trinajstić information content (AvgIpc) is 2.83. The lowest BCUT2D eigenvalue weighted by molar-refractivity contribution is -0.139. The largest absolute Gasteiger partial charge is 0.357 e. The van der Waals surface area contributed by atoms with E-state index in [0.717, 1.165) is 22.3 Å². The van der Waals surface area contributed by atoms with Gasteiger partial charge >= 0.3 is 0 Å². The molecule has 0 aromatic heterocycles. The van der Waals surface area contributed by atoms with E-state index in [0.29, 0.717) is 28.8 Å². The van der Waals surface area contributed by atoms with Crippen LogP contribution in [0.5, 0.6) is 0 Å². The number of nitrogens with one attached hydrogen (secondary N) is 1. The molecule has 7 heteroatoms. The zero-order chi connectivity index (χ0) is 24.5. The number of amides is 2. The highest BCUT2D eigenvalue weighted by molar-refractivity contribution is 7.99. The second-order valence-electron chi connectivity index (χ2n) is 8.06. The van der Waals surface area contributed by atoms with E-state index in [1.165, 1.54) is 11.8 Å². The third-order valence-electron chi connectivity index (χ3n) is 5.45. The Morgan fingerprint density at radius 3 is 2.38 bits per heavy atom. The van der Waals surface area contributed by atoms with Gasteiger partial charge in [0.1, 0.15) is 6.04 Å². The molecular weight excluding hydrogens is 487 g/mol. The van der Waals surface area contributed by atoms with Crippen LogP contribution < -0.4 is 5.32 Å². The van der Waals surface area contributed by atoms with Crippen LogP contribution in [0.3, 0.4) is 0 Å². The van der Waals surface area contributed by atoms with Gasteiger partial charge in [-0.1, -0.05) is 89.4 Å². The first kappa shape index (κ1) is 26.1. The topological polar surface area (TPSA) is 49.4 Å². The van der Waals surface area contributed by atoms with Gasteiger partial charge < -0.3 is 10.2 Å². The fourth-order valence-corrected chi connectivity index (χ4v) is 5.17. The normalized spacial score (nSPS) is 11.6. The second-order valence-corrected chi connectivity index (χ2v) is 9.89. The number of nitrogens with zero attached hydrogens (tertiary/aromatic N) is 1. The fourth-order valence-electron chi connectivity index (χ4n) is 3.70. The summed E-state index contributed by atoms with van der Waals surface area (Å²) in [6.07, 6.45) is 0.436.